The van der Waals surface area contributed by atoms with E-state index in [0.717, 1.165) is 18.2 Å². The molecule has 0 atom stereocenters. The number of hydrogen-bond acceptors (Lipinski definition) is 6. The van der Waals surface area contributed by atoms with Crippen LogP contribution in [0.3, 0.4) is 0 Å². The highest BCUT2D eigenvalue weighted by Gasteiger charge is 2.06. The molecule has 0 spiro atoms. The van der Waals surface area contributed by atoms with Crippen molar-refractivity contribution in [2.75, 3.05) is 0 Å². The summed E-state index contributed by atoms with van der Waals surface area (Å²) in [7, 11) is 0. The minimum Gasteiger partial charge on any atom is -0.222 e. The van der Waals surface area contributed by atoms with E-state index in [0.29, 0.717) is 0 Å². The smallest absolute Gasteiger partial charge is 0.222 e. The summed E-state index contributed by atoms with van der Waals surface area (Å²) in [4.78, 5) is 25.0. The lowest BCUT2D eigenvalue weighted by Gasteiger charge is -2.09. The zero-order valence-corrected chi connectivity index (χ0v) is 14.2. The van der Waals surface area contributed by atoms with E-state index in [4.69, 9.17) is 30.6 Å². The maximum absolute atomic E-state index is 8.35. The largest absolute Gasteiger partial charge is 0.231 e. The summed E-state index contributed by atoms with van der Waals surface area (Å²) in [5.74, 6) is 0. The van der Waals surface area contributed by atoms with E-state index < -0.39 is 0 Å². The Balaban J connectivity index is 0. The predicted octanol–water partition coefficient (Wildman–Crippen LogP) is 6.12. The lowest BCUT2D eigenvalue weighted by molar-refractivity contribution is 0.562. The molecule has 6 heteroatoms. The van der Waals surface area contributed by atoms with E-state index in [1.165, 1.54) is 32.3 Å². The molecule has 29 heavy (non-hydrogen) atoms. The normalized spacial score (nSPS) is 7.86. The second kappa shape index (κ2) is 14.9. The molecule has 0 bridgehead atoms. The maximum Gasteiger partial charge on any atom is 0.231 e. The Morgan fingerprint density at radius 1 is 0.414 bits per heavy atom. The van der Waals surface area contributed by atoms with E-state index in [2.05, 4.69) is 72.8 Å². The Morgan fingerprint density at radius 2 is 0.517 bits per heavy atom. The van der Waals surface area contributed by atoms with E-state index >= 15 is 0 Å². The van der Waals surface area contributed by atoms with Crippen LogP contribution in [0.1, 0.15) is 14.9 Å². The van der Waals surface area contributed by atoms with Gasteiger partial charge in [-0.1, -0.05) is 87.6 Å². The molecule has 0 aliphatic rings. The van der Waals surface area contributed by atoms with Crippen molar-refractivity contribution < 1.29 is 14.4 Å². The average molecular weight is 389 g/mol. The van der Waals surface area contributed by atoms with Crippen molar-refractivity contribution in [3.8, 4) is 0 Å². The van der Waals surface area contributed by atoms with Crippen molar-refractivity contribution in [1.29, 1.82) is 16.2 Å². The molecule has 0 fully saturated rings. The van der Waals surface area contributed by atoms with Gasteiger partial charge in [0.15, 0.2) is 0 Å². The molecule has 148 valence electrons. The third-order valence-corrected chi connectivity index (χ3v) is 3.65. The number of isocyanates is 3. The fourth-order valence-corrected chi connectivity index (χ4v) is 2.86. The lowest BCUT2D eigenvalue weighted by Crippen LogP contribution is -1.81. The van der Waals surface area contributed by atoms with Crippen LogP contribution in [0.4, 0.5) is 0 Å². The molecular weight excluding hydrogens is 366 g/mol. The highest BCUT2D eigenvalue weighted by molar-refractivity contribution is 6.25. The molecule has 0 unspecified atom stereocenters. The first kappa shape index (κ1) is 27.0. The van der Waals surface area contributed by atoms with Gasteiger partial charge >= 0.3 is 0 Å². The van der Waals surface area contributed by atoms with Crippen LogP contribution in [0.25, 0.3) is 32.3 Å². The van der Waals surface area contributed by atoms with Gasteiger partial charge in [0.25, 0.3) is 0 Å². The van der Waals surface area contributed by atoms with Crippen LogP contribution in [0.2, 0.25) is 0 Å². The molecule has 0 aromatic heterocycles. The van der Waals surface area contributed by atoms with Gasteiger partial charge in [0.05, 0.1) is 0 Å². The molecule has 0 saturated heterocycles. The summed E-state index contributed by atoms with van der Waals surface area (Å²) in [6.07, 6.45) is 2.25. The van der Waals surface area contributed by atoms with Gasteiger partial charge in [-0.25, -0.2) is 30.6 Å². The molecule has 0 amide bonds. The molecular formula is C23H23N3O3. The second-order valence-electron chi connectivity index (χ2n) is 4.94. The monoisotopic (exact) mass is 389 g/mol. The fourth-order valence-electron chi connectivity index (χ4n) is 2.86. The van der Waals surface area contributed by atoms with Crippen molar-refractivity contribution >= 4 is 50.6 Å². The summed E-state index contributed by atoms with van der Waals surface area (Å²) in [5, 5.41) is 24.2. The highest BCUT2D eigenvalue weighted by atomic mass is 16.1. The molecule has 6 nitrogen and oxygen atoms in total. The summed E-state index contributed by atoms with van der Waals surface area (Å²) in [6.45, 7) is 0. The second-order valence-corrected chi connectivity index (χ2v) is 4.94. The van der Waals surface area contributed by atoms with Gasteiger partial charge in [-0.15, -0.1) is 0 Å². The zero-order valence-electron chi connectivity index (χ0n) is 14.2. The molecule has 0 aliphatic carbocycles. The number of fused-ring (bicyclic) bond motifs is 6. The van der Waals surface area contributed by atoms with Gasteiger partial charge in [-0.2, -0.15) is 0 Å². The Bertz CT molecular complexity index is 903. The molecule has 0 aliphatic heterocycles. The molecule has 0 radical (unpaired) electrons. The molecule has 4 aromatic rings. The maximum atomic E-state index is 8.35. The van der Waals surface area contributed by atoms with Gasteiger partial charge in [0.2, 0.25) is 18.2 Å². The van der Waals surface area contributed by atoms with Gasteiger partial charge in [0.1, 0.15) is 0 Å². The van der Waals surface area contributed by atoms with Gasteiger partial charge < -0.3 is 0 Å². The Kier molecular flexibility index (Phi) is 13.9. The Hall–Kier alpha value is -4.20. The van der Waals surface area contributed by atoms with Crippen LogP contribution in [0, 0.1) is 16.2 Å². The topological polar surface area (TPSA) is 123 Å². The first-order valence-electron chi connectivity index (χ1n) is 7.59. The molecule has 3 N–H and O–H groups in total. The fraction of sp³-hybridized carbons (Fsp3) is 0.0870. The standard InChI is InChI=1S/C18H12.3CHNO.2CH4/c1-2-8-14-13(7-1)15-9-3-4-11-17(15)18-12-6-5-10-16(14)18;3*2-1-3;;/h1-12H;3*2H;2*1H4. The first-order valence-corrected chi connectivity index (χ1v) is 7.59. The molecule has 4 rings (SSSR count). The summed E-state index contributed by atoms with van der Waals surface area (Å²) in [6, 6.07) is 26.0. The van der Waals surface area contributed by atoms with Crippen LogP contribution in [-0.4, -0.2) is 18.2 Å². The number of nitrogens with one attached hydrogen (secondary N) is 3. The van der Waals surface area contributed by atoms with E-state index in [1.54, 1.807) is 0 Å². The van der Waals surface area contributed by atoms with Crippen molar-refractivity contribution in [2.45, 2.75) is 14.9 Å². The number of rotatable bonds is 0. The zero-order chi connectivity index (χ0) is 20.1. The van der Waals surface area contributed by atoms with Crippen molar-refractivity contribution in [3.63, 3.8) is 0 Å². The summed E-state index contributed by atoms with van der Waals surface area (Å²) in [5.41, 5.74) is 0. The molecule has 0 heterocycles. The van der Waals surface area contributed by atoms with Gasteiger partial charge in [0, 0.05) is 0 Å². The highest BCUT2D eigenvalue weighted by Crippen LogP contribution is 2.34. The van der Waals surface area contributed by atoms with Gasteiger partial charge in [-0.3, -0.25) is 0 Å². The van der Waals surface area contributed by atoms with Crippen molar-refractivity contribution in [3.05, 3.63) is 72.8 Å². The Morgan fingerprint density at radius 3 is 0.621 bits per heavy atom. The van der Waals surface area contributed by atoms with E-state index in [-0.39, 0.29) is 14.9 Å². The van der Waals surface area contributed by atoms with E-state index in [9.17, 15) is 0 Å². The quantitative estimate of drug-likeness (QED) is 0.191. The molecule has 4 aromatic carbocycles. The van der Waals surface area contributed by atoms with E-state index in [1.807, 2.05) is 0 Å². The van der Waals surface area contributed by atoms with Gasteiger partial charge in [-0.05, 0) is 32.3 Å². The third-order valence-electron chi connectivity index (χ3n) is 3.65. The summed E-state index contributed by atoms with van der Waals surface area (Å²) < 4.78 is 0. The minimum atomic E-state index is 0. The van der Waals surface area contributed by atoms with Crippen LogP contribution >= 0.6 is 0 Å². The SMILES string of the molecule is C.C.N=C=O.N=C=O.N=C=O.c1ccc2c(c1)c1ccccc1c1ccccc21. The number of benzene rings is 4. The average Bonchev–Trinajstić information content (AvgIpc) is 2.70. The minimum absolute atomic E-state index is 0. The van der Waals surface area contributed by atoms with Crippen LogP contribution < -0.4 is 0 Å². The number of carbonyl (C=O) groups excluding carboxylic acids is 3. The van der Waals surface area contributed by atoms with Crippen molar-refractivity contribution in [2.24, 2.45) is 0 Å². The Labute approximate surface area is 169 Å². The third kappa shape index (κ3) is 6.79. The lowest BCUT2D eigenvalue weighted by atomic mass is 9.95. The van der Waals surface area contributed by atoms with Crippen LogP contribution in [0.15, 0.2) is 72.8 Å². The molecule has 0 saturated carbocycles. The first-order chi connectivity index (χ1) is 13.2. The predicted molar refractivity (Wildman–Crippen MR) is 118 cm³/mol. The van der Waals surface area contributed by atoms with Crippen molar-refractivity contribution in [1.82, 2.24) is 0 Å². The number of hydrogen-bond donors (Lipinski definition) is 3. The van der Waals surface area contributed by atoms with Crippen LogP contribution in [0.5, 0.6) is 0 Å². The summed E-state index contributed by atoms with van der Waals surface area (Å²) >= 11 is 0. The van der Waals surface area contributed by atoms with Crippen LogP contribution in [-0.2, 0) is 14.4 Å².